The maximum Gasteiger partial charge on any atom is 0.276 e. The predicted octanol–water partition coefficient (Wildman–Crippen LogP) is 4.81. The SMILES string of the molecule is CC(C)Oc1ccccc1Nc1ccc(C(=O)Nc2cccc3cccnc23)nn1. The van der Waals surface area contributed by atoms with Crippen molar-refractivity contribution >= 4 is 34.0 Å². The van der Waals surface area contributed by atoms with Gasteiger partial charge < -0.3 is 15.4 Å². The summed E-state index contributed by atoms with van der Waals surface area (Å²) in [4.78, 5) is 17.0. The maximum atomic E-state index is 12.6. The highest BCUT2D eigenvalue weighted by molar-refractivity contribution is 6.07. The van der Waals surface area contributed by atoms with E-state index in [1.807, 2.05) is 68.4 Å². The first-order chi connectivity index (χ1) is 14.6. The number of pyridine rings is 1. The van der Waals surface area contributed by atoms with Crippen molar-refractivity contribution in [3.05, 3.63) is 78.6 Å². The third-order valence-electron chi connectivity index (χ3n) is 4.29. The molecule has 0 saturated carbocycles. The molecule has 2 heterocycles. The lowest BCUT2D eigenvalue weighted by Crippen LogP contribution is -2.15. The summed E-state index contributed by atoms with van der Waals surface area (Å²) >= 11 is 0. The van der Waals surface area contributed by atoms with E-state index in [4.69, 9.17) is 4.74 Å². The van der Waals surface area contributed by atoms with Crippen LogP contribution < -0.4 is 15.4 Å². The van der Waals surface area contributed by atoms with Crippen molar-refractivity contribution in [2.75, 3.05) is 10.6 Å². The fourth-order valence-corrected chi connectivity index (χ4v) is 2.98. The summed E-state index contributed by atoms with van der Waals surface area (Å²) in [6.45, 7) is 3.94. The molecule has 0 spiro atoms. The molecule has 0 aliphatic rings. The molecule has 0 aliphatic carbocycles. The molecule has 4 aromatic rings. The Bertz CT molecular complexity index is 1170. The van der Waals surface area contributed by atoms with Gasteiger partial charge in [0.2, 0.25) is 0 Å². The summed E-state index contributed by atoms with van der Waals surface area (Å²) in [5, 5.41) is 15.2. The van der Waals surface area contributed by atoms with Crippen LogP contribution in [0.1, 0.15) is 24.3 Å². The number of carbonyl (C=O) groups excluding carboxylic acids is 1. The number of hydrogen-bond donors (Lipinski definition) is 2. The first kappa shape index (κ1) is 19.3. The maximum absolute atomic E-state index is 12.6. The van der Waals surface area contributed by atoms with Crippen LogP contribution in [0.2, 0.25) is 0 Å². The first-order valence-corrected chi connectivity index (χ1v) is 9.62. The number of nitrogens with one attached hydrogen (secondary N) is 2. The van der Waals surface area contributed by atoms with E-state index >= 15 is 0 Å². The van der Waals surface area contributed by atoms with Crippen molar-refractivity contribution in [1.29, 1.82) is 0 Å². The molecule has 30 heavy (non-hydrogen) atoms. The van der Waals surface area contributed by atoms with Crippen LogP contribution in [-0.4, -0.2) is 27.2 Å². The molecule has 150 valence electrons. The second kappa shape index (κ2) is 8.57. The Morgan fingerprint density at radius 3 is 2.50 bits per heavy atom. The molecule has 2 aromatic carbocycles. The Kier molecular flexibility index (Phi) is 5.52. The van der Waals surface area contributed by atoms with Crippen molar-refractivity contribution in [3.63, 3.8) is 0 Å². The Labute approximate surface area is 174 Å². The lowest BCUT2D eigenvalue weighted by atomic mass is 10.2. The summed E-state index contributed by atoms with van der Waals surface area (Å²) < 4.78 is 5.80. The zero-order chi connectivity index (χ0) is 20.9. The number of nitrogens with zero attached hydrogens (tertiary/aromatic N) is 3. The zero-order valence-corrected chi connectivity index (χ0v) is 16.7. The summed E-state index contributed by atoms with van der Waals surface area (Å²) in [5.74, 6) is 0.883. The number of aromatic nitrogens is 3. The van der Waals surface area contributed by atoms with E-state index < -0.39 is 0 Å². The van der Waals surface area contributed by atoms with Gasteiger partial charge in [-0.3, -0.25) is 9.78 Å². The van der Waals surface area contributed by atoms with Crippen molar-refractivity contribution in [1.82, 2.24) is 15.2 Å². The Morgan fingerprint density at radius 2 is 1.70 bits per heavy atom. The zero-order valence-electron chi connectivity index (χ0n) is 16.7. The minimum absolute atomic E-state index is 0.0497. The fourth-order valence-electron chi connectivity index (χ4n) is 2.98. The van der Waals surface area contributed by atoms with E-state index in [1.54, 1.807) is 18.3 Å². The number of fused-ring (bicyclic) bond motifs is 1. The van der Waals surface area contributed by atoms with Crippen LogP contribution in [0.3, 0.4) is 0 Å². The highest BCUT2D eigenvalue weighted by Crippen LogP contribution is 2.27. The van der Waals surface area contributed by atoms with Crippen LogP contribution in [0.15, 0.2) is 72.9 Å². The summed E-state index contributed by atoms with van der Waals surface area (Å²) in [7, 11) is 0. The number of ether oxygens (including phenoxy) is 1. The molecule has 2 N–H and O–H groups in total. The van der Waals surface area contributed by atoms with E-state index in [2.05, 4.69) is 25.8 Å². The number of carbonyl (C=O) groups is 1. The summed E-state index contributed by atoms with van der Waals surface area (Å²) in [6, 6.07) is 20.3. The van der Waals surface area contributed by atoms with Gasteiger partial charge in [0, 0.05) is 11.6 Å². The lowest BCUT2D eigenvalue weighted by Gasteiger charge is -2.14. The molecule has 1 amide bonds. The molecule has 0 aliphatic heterocycles. The molecule has 0 bridgehead atoms. The standard InChI is InChI=1S/C23H21N5O2/c1-15(2)30-20-11-4-3-9-17(20)25-21-13-12-19(27-28-21)23(29)26-18-10-5-7-16-8-6-14-24-22(16)18/h3-15H,1-2H3,(H,25,28)(H,26,29). The number of hydrogen-bond acceptors (Lipinski definition) is 6. The van der Waals surface area contributed by atoms with Gasteiger partial charge in [0.25, 0.3) is 5.91 Å². The Balaban J connectivity index is 1.49. The number of rotatable bonds is 6. The van der Waals surface area contributed by atoms with E-state index in [1.165, 1.54) is 0 Å². The molecule has 0 radical (unpaired) electrons. The average Bonchev–Trinajstić information content (AvgIpc) is 2.75. The van der Waals surface area contributed by atoms with Gasteiger partial charge in [0.1, 0.15) is 5.75 Å². The largest absolute Gasteiger partial charge is 0.489 e. The van der Waals surface area contributed by atoms with Gasteiger partial charge in [-0.05, 0) is 50.2 Å². The monoisotopic (exact) mass is 399 g/mol. The first-order valence-electron chi connectivity index (χ1n) is 9.62. The van der Waals surface area contributed by atoms with Gasteiger partial charge in [0.05, 0.1) is 23.0 Å². The van der Waals surface area contributed by atoms with Gasteiger partial charge in [-0.1, -0.05) is 30.3 Å². The second-order valence-corrected chi connectivity index (χ2v) is 6.93. The lowest BCUT2D eigenvalue weighted by molar-refractivity contribution is 0.102. The van der Waals surface area contributed by atoms with Crippen LogP contribution in [0.4, 0.5) is 17.2 Å². The van der Waals surface area contributed by atoms with Gasteiger partial charge in [-0.2, -0.15) is 0 Å². The van der Waals surface area contributed by atoms with Crippen LogP contribution in [-0.2, 0) is 0 Å². The molecule has 4 rings (SSSR count). The van der Waals surface area contributed by atoms with Gasteiger partial charge in [0.15, 0.2) is 11.5 Å². The normalized spacial score (nSPS) is 10.8. The predicted molar refractivity (Wildman–Crippen MR) is 117 cm³/mol. The Hall–Kier alpha value is -4.00. The van der Waals surface area contributed by atoms with Crippen molar-refractivity contribution in [2.24, 2.45) is 0 Å². The molecule has 7 nitrogen and oxygen atoms in total. The molecule has 0 unspecified atom stereocenters. The topological polar surface area (TPSA) is 89.0 Å². The highest BCUT2D eigenvalue weighted by atomic mass is 16.5. The third kappa shape index (κ3) is 4.35. The second-order valence-electron chi connectivity index (χ2n) is 6.93. The third-order valence-corrected chi connectivity index (χ3v) is 4.29. The summed E-state index contributed by atoms with van der Waals surface area (Å²) in [6.07, 6.45) is 1.74. The van der Waals surface area contributed by atoms with Crippen LogP contribution >= 0.6 is 0 Å². The van der Waals surface area contributed by atoms with E-state index in [0.29, 0.717) is 11.5 Å². The molecule has 0 fully saturated rings. The van der Waals surface area contributed by atoms with Gasteiger partial charge in [-0.15, -0.1) is 10.2 Å². The average molecular weight is 399 g/mol. The van der Waals surface area contributed by atoms with Crippen molar-refractivity contribution < 1.29 is 9.53 Å². The van der Waals surface area contributed by atoms with Gasteiger partial charge >= 0.3 is 0 Å². The van der Waals surface area contributed by atoms with Crippen LogP contribution in [0.5, 0.6) is 5.75 Å². The molecular weight excluding hydrogens is 378 g/mol. The minimum atomic E-state index is -0.351. The fraction of sp³-hybridized carbons (Fsp3) is 0.130. The van der Waals surface area contributed by atoms with E-state index in [-0.39, 0.29) is 17.7 Å². The highest BCUT2D eigenvalue weighted by Gasteiger charge is 2.12. The van der Waals surface area contributed by atoms with E-state index in [9.17, 15) is 4.79 Å². The molecule has 0 atom stereocenters. The molecule has 0 saturated heterocycles. The van der Waals surface area contributed by atoms with Crippen molar-refractivity contribution in [2.45, 2.75) is 20.0 Å². The minimum Gasteiger partial charge on any atom is -0.489 e. The van der Waals surface area contributed by atoms with E-state index in [0.717, 1.165) is 22.3 Å². The number of anilines is 3. The Morgan fingerprint density at radius 1 is 0.900 bits per heavy atom. The summed E-state index contributed by atoms with van der Waals surface area (Å²) in [5.41, 5.74) is 2.34. The number of para-hydroxylation sites is 3. The smallest absolute Gasteiger partial charge is 0.276 e. The van der Waals surface area contributed by atoms with Crippen molar-refractivity contribution in [3.8, 4) is 5.75 Å². The molecule has 7 heteroatoms. The van der Waals surface area contributed by atoms with Crippen LogP contribution in [0.25, 0.3) is 10.9 Å². The van der Waals surface area contributed by atoms with Gasteiger partial charge in [-0.25, -0.2) is 0 Å². The number of benzene rings is 2. The number of amides is 1. The molecule has 2 aromatic heterocycles. The van der Waals surface area contributed by atoms with Crippen LogP contribution in [0, 0.1) is 0 Å². The molecular formula is C23H21N5O2. The quantitative estimate of drug-likeness (QED) is 0.484.